The minimum Gasteiger partial charge on any atom is -0.508 e. The second-order valence-electron chi connectivity index (χ2n) is 6.58. The Balaban J connectivity index is 0.00000420. The van der Waals surface area contributed by atoms with Crippen LogP contribution in [0, 0.1) is 5.92 Å². The Morgan fingerprint density at radius 2 is 1.97 bits per heavy atom. The van der Waals surface area contributed by atoms with Crippen molar-refractivity contribution >= 4 is 41.8 Å². The summed E-state index contributed by atoms with van der Waals surface area (Å²) in [6.45, 7) is 7.16. The molecule has 3 N–H and O–H groups in total. The summed E-state index contributed by atoms with van der Waals surface area (Å²) in [6, 6.07) is 6.10. The average molecular weight is 518 g/mol. The molecule has 8 nitrogen and oxygen atoms in total. The first-order valence-corrected chi connectivity index (χ1v) is 9.82. The van der Waals surface area contributed by atoms with Crippen molar-refractivity contribution in [2.45, 2.75) is 26.7 Å². The first-order valence-electron chi connectivity index (χ1n) is 9.82. The Labute approximate surface area is 189 Å². The molecule has 1 aromatic carbocycles. The first kappa shape index (κ1) is 25.0. The standard InChI is InChI=1S/C20H30N4O4.HI/c1-3-21-20(24-13-5-6-16(14-24)19(27)28-4-2)23-12-11-22-18(26)15-7-9-17(25)10-8-15;/h7-10,16,25H,3-6,11-14H2,1-2H3,(H,21,23)(H,22,26);1H. The highest BCUT2D eigenvalue weighted by Crippen LogP contribution is 2.18. The molecule has 0 saturated carbocycles. The molecule has 1 aromatic rings. The highest BCUT2D eigenvalue weighted by Gasteiger charge is 2.28. The summed E-state index contributed by atoms with van der Waals surface area (Å²) in [6.07, 6.45) is 1.74. The number of carbonyl (C=O) groups excluding carboxylic acids is 2. The van der Waals surface area contributed by atoms with Crippen LogP contribution >= 0.6 is 24.0 Å². The van der Waals surface area contributed by atoms with E-state index in [1.165, 1.54) is 12.1 Å². The predicted octanol–water partition coefficient (Wildman–Crippen LogP) is 1.98. The Morgan fingerprint density at radius 3 is 2.62 bits per heavy atom. The van der Waals surface area contributed by atoms with Gasteiger partial charge in [0.25, 0.3) is 5.91 Å². The molecule has 0 aliphatic carbocycles. The van der Waals surface area contributed by atoms with Crippen LogP contribution in [0.5, 0.6) is 5.75 Å². The molecule has 29 heavy (non-hydrogen) atoms. The summed E-state index contributed by atoms with van der Waals surface area (Å²) in [5.74, 6) is 0.381. The third-order valence-corrected chi connectivity index (χ3v) is 4.46. The fraction of sp³-hybridized carbons (Fsp3) is 0.550. The number of esters is 1. The Morgan fingerprint density at radius 1 is 1.24 bits per heavy atom. The number of nitrogens with one attached hydrogen (secondary N) is 2. The highest BCUT2D eigenvalue weighted by molar-refractivity contribution is 14.0. The fourth-order valence-electron chi connectivity index (χ4n) is 3.09. The van der Waals surface area contributed by atoms with Crippen LogP contribution in [0.3, 0.4) is 0 Å². The zero-order chi connectivity index (χ0) is 20.4. The van der Waals surface area contributed by atoms with Crippen molar-refractivity contribution in [3.63, 3.8) is 0 Å². The van der Waals surface area contributed by atoms with E-state index in [0.717, 1.165) is 31.9 Å². The van der Waals surface area contributed by atoms with Crippen LogP contribution in [0.15, 0.2) is 29.3 Å². The Bertz CT molecular complexity index is 682. The van der Waals surface area contributed by atoms with E-state index in [1.807, 2.05) is 13.8 Å². The fourth-order valence-corrected chi connectivity index (χ4v) is 3.09. The van der Waals surface area contributed by atoms with Gasteiger partial charge in [-0.05, 0) is 51.0 Å². The van der Waals surface area contributed by atoms with Crippen molar-refractivity contribution in [2.75, 3.05) is 39.3 Å². The van der Waals surface area contributed by atoms with Gasteiger partial charge in [0.15, 0.2) is 5.96 Å². The molecule has 0 bridgehead atoms. The lowest BCUT2D eigenvalue weighted by Gasteiger charge is -2.34. The van der Waals surface area contributed by atoms with Gasteiger partial charge in [-0.25, -0.2) is 0 Å². The number of ether oxygens (including phenoxy) is 1. The summed E-state index contributed by atoms with van der Waals surface area (Å²) in [5.41, 5.74) is 0.488. The number of aliphatic imine (C=N–C) groups is 1. The molecule has 162 valence electrons. The third-order valence-electron chi connectivity index (χ3n) is 4.46. The molecule has 0 radical (unpaired) electrons. The van der Waals surface area contributed by atoms with Crippen LogP contribution in [0.25, 0.3) is 0 Å². The number of halogens is 1. The van der Waals surface area contributed by atoms with Crippen LogP contribution in [0.4, 0.5) is 0 Å². The lowest BCUT2D eigenvalue weighted by molar-refractivity contribution is -0.149. The molecule has 1 saturated heterocycles. The number of hydrogen-bond donors (Lipinski definition) is 3. The third kappa shape index (κ3) is 8.08. The number of aromatic hydroxyl groups is 1. The molecule has 1 atom stereocenters. The molecule has 1 amide bonds. The van der Waals surface area contributed by atoms with Crippen LogP contribution < -0.4 is 10.6 Å². The molecule has 1 unspecified atom stereocenters. The van der Waals surface area contributed by atoms with E-state index in [9.17, 15) is 14.7 Å². The van der Waals surface area contributed by atoms with Gasteiger partial charge in [-0.15, -0.1) is 24.0 Å². The number of nitrogens with zero attached hydrogens (tertiary/aromatic N) is 2. The maximum atomic E-state index is 12.1. The average Bonchev–Trinajstić information content (AvgIpc) is 2.71. The highest BCUT2D eigenvalue weighted by atomic mass is 127. The van der Waals surface area contributed by atoms with Gasteiger partial charge in [-0.1, -0.05) is 0 Å². The minimum absolute atomic E-state index is 0. The summed E-state index contributed by atoms with van der Waals surface area (Å²) in [7, 11) is 0. The van der Waals surface area contributed by atoms with Crippen molar-refractivity contribution in [1.29, 1.82) is 0 Å². The molecular weight excluding hydrogens is 487 g/mol. The van der Waals surface area contributed by atoms with Crippen molar-refractivity contribution < 1.29 is 19.4 Å². The lowest BCUT2D eigenvalue weighted by Crippen LogP contribution is -2.48. The van der Waals surface area contributed by atoms with Crippen molar-refractivity contribution in [1.82, 2.24) is 15.5 Å². The number of benzene rings is 1. The number of amides is 1. The molecule has 1 aliphatic heterocycles. The van der Waals surface area contributed by atoms with E-state index in [1.54, 1.807) is 12.1 Å². The zero-order valence-corrected chi connectivity index (χ0v) is 19.3. The molecule has 2 rings (SSSR count). The largest absolute Gasteiger partial charge is 0.508 e. The van der Waals surface area contributed by atoms with Gasteiger partial charge in [0, 0.05) is 31.7 Å². The summed E-state index contributed by atoms with van der Waals surface area (Å²) in [4.78, 5) is 30.8. The predicted molar refractivity (Wildman–Crippen MR) is 123 cm³/mol. The number of rotatable bonds is 7. The quantitative estimate of drug-likeness (QED) is 0.168. The van der Waals surface area contributed by atoms with Gasteiger partial charge in [-0.2, -0.15) is 0 Å². The summed E-state index contributed by atoms with van der Waals surface area (Å²) < 4.78 is 5.15. The number of carbonyl (C=O) groups is 2. The smallest absolute Gasteiger partial charge is 0.310 e. The van der Waals surface area contributed by atoms with Crippen LogP contribution in [0.1, 0.15) is 37.0 Å². The van der Waals surface area contributed by atoms with E-state index in [0.29, 0.717) is 31.8 Å². The van der Waals surface area contributed by atoms with Gasteiger partial charge >= 0.3 is 5.97 Å². The van der Waals surface area contributed by atoms with Gasteiger partial charge in [0.1, 0.15) is 5.75 Å². The summed E-state index contributed by atoms with van der Waals surface area (Å²) in [5, 5.41) is 15.3. The van der Waals surface area contributed by atoms with E-state index < -0.39 is 0 Å². The molecule has 0 spiro atoms. The maximum absolute atomic E-state index is 12.1. The molecule has 9 heteroatoms. The van der Waals surface area contributed by atoms with Crippen LogP contribution in [0.2, 0.25) is 0 Å². The molecular formula is C20H31IN4O4. The van der Waals surface area contributed by atoms with Crippen molar-refractivity contribution in [2.24, 2.45) is 10.9 Å². The first-order chi connectivity index (χ1) is 13.5. The van der Waals surface area contributed by atoms with Crippen LogP contribution in [-0.4, -0.2) is 67.2 Å². The monoisotopic (exact) mass is 518 g/mol. The van der Waals surface area contributed by atoms with Crippen molar-refractivity contribution in [3.05, 3.63) is 29.8 Å². The lowest BCUT2D eigenvalue weighted by atomic mass is 9.98. The van der Waals surface area contributed by atoms with Gasteiger partial charge in [0.2, 0.25) is 0 Å². The van der Waals surface area contributed by atoms with Gasteiger partial charge < -0.3 is 25.4 Å². The topological polar surface area (TPSA) is 103 Å². The van der Waals surface area contributed by atoms with E-state index in [2.05, 4.69) is 20.5 Å². The second-order valence-corrected chi connectivity index (χ2v) is 6.58. The number of likely N-dealkylation sites (tertiary alicyclic amines) is 1. The number of hydrogen-bond acceptors (Lipinski definition) is 5. The zero-order valence-electron chi connectivity index (χ0n) is 17.0. The maximum Gasteiger partial charge on any atom is 0.310 e. The van der Waals surface area contributed by atoms with E-state index >= 15 is 0 Å². The number of piperidine rings is 1. The van der Waals surface area contributed by atoms with E-state index in [-0.39, 0.29) is 47.5 Å². The van der Waals surface area contributed by atoms with Crippen molar-refractivity contribution in [3.8, 4) is 5.75 Å². The number of phenols is 1. The Kier molecular flexibility index (Phi) is 11.4. The van der Waals surface area contributed by atoms with E-state index in [4.69, 9.17) is 4.74 Å². The molecule has 1 aliphatic rings. The summed E-state index contributed by atoms with van der Waals surface area (Å²) >= 11 is 0. The Hall–Kier alpha value is -2.04. The van der Waals surface area contributed by atoms with Gasteiger partial charge in [-0.3, -0.25) is 14.6 Å². The molecule has 1 heterocycles. The second kappa shape index (κ2) is 13.2. The minimum atomic E-state index is -0.208. The number of phenolic OH excluding ortho intramolecular Hbond substituents is 1. The molecule has 1 fully saturated rings. The SMILES string of the molecule is CCNC(=NCCNC(=O)c1ccc(O)cc1)N1CCCC(C(=O)OCC)C1.I. The van der Waals surface area contributed by atoms with Crippen LogP contribution in [-0.2, 0) is 9.53 Å². The van der Waals surface area contributed by atoms with Gasteiger partial charge in [0.05, 0.1) is 19.1 Å². The molecule has 0 aromatic heterocycles. The normalized spacial score (nSPS) is 16.6. The number of guanidine groups is 1.